The van der Waals surface area contributed by atoms with Crippen LogP contribution in [0.1, 0.15) is 51.6 Å². The number of aromatic nitrogens is 1. The standard InChI is InChI=1S/C20H36N2O2Si/c1-19(2,3)25(7,8)24-14-17-10-9-16-13-22(12-11-18(16)21-17)20(4,5)15-23-6/h9-10H,11-15H2,1-8H3. The zero-order chi connectivity index (χ0) is 18.9. The molecule has 0 fully saturated rings. The lowest BCUT2D eigenvalue weighted by Crippen LogP contribution is -2.49. The summed E-state index contributed by atoms with van der Waals surface area (Å²) in [5.74, 6) is 0. The normalized spacial score (nSPS) is 16.8. The predicted octanol–water partition coefficient (Wildman–Crippen LogP) is 4.39. The highest BCUT2D eigenvalue weighted by molar-refractivity contribution is 6.74. The summed E-state index contributed by atoms with van der Waals surface area (Å²) in [6.45, 7) is 19.2. The van der Waals surface area contributed by atoms with Crippen molar-refractivity contribution in [2.75, 3.05) is 20.3 Å². The van der Waals surface area contributed by atoms with E-state index < -0.39 is 8.32 Å². The minimum absolute atomic E-state index is 0.0521. The summed E-state index contributed by atoms with van der Waals surface area (Å²) in [5, 5.41) is 0.231. The molecule has 0 aliphatic carbocycles. The van der Waals surface area contributed by atoms with Gasteiger partial charge in [-0.05, 0) is 43.6 Å². The van der Waals surface area contributed by atoms with Crippen LogP contribution in [0.5, 0.6) is 0 Å². The van der Waals surface area contributed by atoms with Crippen molar-refractivity contribution in [1.29, 1.82) is 0 Å². The van der Waals surface area contributed by atoms with E-state index in [1.54, 1.807) is 7.11 Å². The monoisotopic (exact) mass is 364 g/mol. The van der Waals surface area contributed by atoms with E-state index in [1.165, 1.54) is 11.3 Å². The van der Waals surface area contributed by atoms with Crippen LogP contribution in [0, 0.1) is 0 Å². The summed E-state index contributed by atoms with van der Waals surface area (Å²) in [6.07, 6.45) is 0.996. The Morgan fingerprint density at radius 1 is 1.16 bits per heavy atom. The summed E-state index contributed by atoms with van der Waals surface area (Å²) >= 11 is 0. The number of nitrogens with zero attached hydrogens (tertiary/aromatic N) is 2. The van der Waals surface area contributed by atoms with Gasteiger partial charge in [0.1, 0.15) is 0 Å². The number of hydrogen-bond acceptors (Lipinski definition) is 4. The number of hydrogen-bond donors (Lipinski definition) is 0. The molecule has 0 atom stereocenters. The van der Waals surface area contributed by atoms with Crippen molar-refractivity contribution in [1.82, 2.24) is 9.88 Å². The maximum atomic E-state index is 6.33. The molecule has 0 amide bonds. The third-order valence-electron chi connectivity index (χ3n) is 5.85. The van der Waals surface area contributed by atoms with Gasteiger partial charge in [0.05, 0.1) is 18.9 Å². The molecular formula is C20H36N2O2Si. The fraction of sp³-hybridized carbons (Fsp3) is 0.750. The molecule has 5 heteroatoms. The van der Waals surface area contributed by atoms with Gasteiger partial charge in [0.25, 0.3) is 0 Å². The smallest absolute Gasteiger partial charge is 0.192 e. The van der Waals surface area contributed by atoms with Gasteiger partial charge in [-0.1, -0.05) is 26.8 Å². The quantitative estimate of drug-likeness (QED) is 0.701. The minimum Gasteiger partial charge on any atom is -0.411 e. The number of methoxy groups -OCH3 is 1. The van der Waals surface area contributed by atoms with Crippen molar-refractivity contribution in [2.45, 2.75) is 77.9 Å². The van der Waals surface area contributed by atoms with E-state index in [1.807, 2.05) is 0 Å². The van der Waals surface area contributed by atoms with Gasteiger partial charge in [-0.15, -0.1) is 0 Å². The average molecular weight is 365 g/mol. The topological polar surface area (TPSA) is 34.6 Å². The van der Waals surface area contributed by atoms with E-state index in [9.17, 15) is 0 Å². The molecule has 4 nitrogen and oxygen atoms in total. The van der Waals surface area contributed by atoms with Gasteiger partial charge in [0.15, 0.2) is 8.32 Å². The van der Waals surface area contributed by atoms with Gasteiger partial charge < -0.3 is 9.16 Å². The van der Waals surface area contributed by atoms with E-state index in [4.69, 9.17) is 14.1 Å². The maximum absolute atomic E-state index is 6.33. The summed E-state index contributed by atoms with van der Waals surface area (Å²) in [7, 11) is 0.0433. The highest BCUT2D eigenvalue weighted by atomic mass is 28.4. The molecular weight excluding hydrogens is 328 g/mol. The van der Waals surface area contributed by atoms with Crippen LogP contribution in [0.15, 0.2) is 12.1 Å². The average Bonchev–Trinajstić information content (AvgIpc) is 2.51. The van der Waals surface area contributed by atoms with Crippen molar-refractivity contribution in [3.63, 3.8) is 0 Å². The molecule has 1 aromatic rings. The highest BCUT2D eigenvalue weighted by Gasteiger charge is 2.37. The lowest BCUT2D eigenvalue weighted by Gasteiger charge is -2.41. The minimum atomic E-state index is -1.73. The first-order valence-electron chi connectivity index (χ1n) is 9.32. The molecule has 1 aliphatic rings. The van der Waals surface area contributed by atoms with Crippen LogP contribution in [-0.2, 0) is 28.7 Å². The number of fused-ring (bicyclic) bond motifs is 1. The van der Waals surface area contributed by atoms with Crippen molar-refractivity contribution < 1.29 is 9.16 Å². The first-order valence-corrected chi connectivity index (χ1v) is 12.2. The lowest BCUT2D eigenvalue weighted by atomic mass is 9.97. The van der Waals surface area contributed by atoms with Crippen LogP contribution in [0.4, 0.5) is 0 Å². The first kappa shape index (κ1) is 20.6. The SMILES string of the molecule is COCC(C)(C)N1CCc2nc(CO[Si](C)(C)C(C)(C)C)ccc2C1. The zero-order valence-electron chi connectivity index (χ0n) is 17.4. The molecule has 142 valence electrons. The Labute approximate surface area is 155 Å². The molecule has 0 aromatic carbocycles. The van der Waals surface area contributed by atoms with E-state index in [0.29, 0.717) is 6.61 Å². The van der Waals surface area contributed by atoms with E-state index in [0.717, 1.165) is 31.8 Å². The second-order valence-corrected chi connectivity index (χ2v) is 14.2. The molecule has 0 N–H and O–H groups in total. The molecule has 2 heterocycles. The van der Waals surface area contributed by atoms with Crippen LogP contribution >= 0.6 is 0 Å². The molecule has 1 aromatic heterocycles. The molecule has 0 saturated carbocycles. The number of ether oxygens (including phenoxy) is 1. The molecule has 0 spiro atoms. The van der Waals surface area contributed by atoms with Gasteiger partial charge in [0, 0.05) is 37.9 Å². The fourth-order valence-corrected chi connectivity index (χ4v) is 3.92. The Morgan fingerprint density at radius 2 is 1.84 bits per heavy atom. The van der Waals surface area contributed by atoms with Crippen LogP contribution in [0.2, 0.25) is 18.1 Å². The van der Waals surface area contributed by atoms with E-state index >= 15 is 0 Å². The molecule has 0 bridgehead atoms. The van der Waals surface area contributed by atoms with E-state index in [-0.39, 0.29) is 10.6 Å². The van der Waals surface area contributed by atoms with Crippen LogP contribution in [0.3, 0.4) is 0 Å². The molecule has 1 aliphatic heterocycles. The maximum Gasteiger partial charge on any atom is 0.192 e. The lowest BCUT2D eigenvalue weighted by molar-refractivity contribution is 0.0244. The predicted molar refractivity (Wildman–Crippen MR) is 106 cm³/mol. The molecule has 0 radical (unpaired) electrons. The van der Waals surface area contributed by atoms with Gasteiger partial charge in [-0.25, -0.2) is 0 Å². The molecule has 0 unspecified atom stereocenters. The van der Waals surface area contributed by atoms with Gasteiger partial charge in [-0.3, -0.25) is 9.88 Å². The van der Waals surface area contributed by atoms with Crippen LogP contribution in [-0.4, -0.2) is 44.0 Å². The third-order valence-corrected chi connectivity index (χ3v) is 10.3. The summed E-state index contributed by atoms with van der Waals surface area (Å²) in [4.78, 5) is 7.39. The highest BCUT2D eigenvalue weighted by Crippen LogP contribution is 2.37. The Kier molecular flexibility index (Phi) is 6.14. The second kappa shape index (κ2) is 7.47. The number of rotatable bonds is 6. The Bertz CT molecular complexity index is 594. The Morgan fingerprint density at radius 3 is 2.44 bits per heavy atom. The van der Waals surface area contributed by atoms with Gasteiger partial charge >= 0.3 is 0 Å². The fourth-order valence-electron chi connectivity index (χ4n) is 2.97. The first-order chi connectivity index (χ1) is 11.5. The molecule has 0 saturated heterocycles. The zero-order valence-corrected chi connectivity index (χ0v) is 18.4. The third kappa shape index (κ3) is 4.91. The van der Waals surface area contributed by atoms with Gasteiger partial charge in [0.2, 0.25) is 0 Å². The Hall–Kier alpha value is -0.753. The second-order valence-electron chi connectivity index (χ2n) is 9.37. The number of pyridine rings is 1. The van der Waals surface area contributed by atoms with Gasteiger partial charge in [-0.2, -0.15) is 0 Å². The van der Waals surface area contributed by atoms with Crippen molar-refractivity contribution in [2.24, 2.45) is 0 Å². The summed E-state index contributed by atoms with van der Waals surface area (Å²) < 4.78 is 11.7. The Balaban J connectivity index is 2.05. The largest absolute Gasteiger partial charge is 0.411 e. The summed E-state index contributed by atoms with van der Waals surface area (Å²) in [5.41, 5.74) is 3.69. The molecule has 25 heavy (non-hydrogen) atoms. The van der Waals surface area contributed by atoms with E-state index in [2.05, 4.69) is 64.7 Å². The van der Waals surface area contributed by atoms with Crippen molar-refractivity contribution in [3.05, 3.63) is 29.1 Å². The van der Waals surface area contributed by atoms with Crippen LogP contribution in [0.25, 0.3) is 0 Å². The van der Waals surface area contributed by atoms with Crippen molar-refractivity contribution in [3.8, 4) is 0 Å². The summed E-state index contributed by atoms with van der Waals surface area (Å²) in [6, 6.07) is 4.38. The molecule has 2 rings (SSSR count). The van der Waals surface area contributed by atoms with Crippen LogP contribution < -0.4 is 0 Å². The van der Waals surface area contributed by atoms with Crippen molar-refractivity contribution >= 4 is 8.32 Å².